The smallest absolute Gasteiger partial charge is 0.277 e. The molecule has 0 bridgehead atoms. The summed E-state index contributed by atoms with van der Waals surface area (Å²) in [5, 5.41) is 0. The normalized spacial score (nSPS) is 28.7. The maximum atomic E-state index is 13.4. The highest BCUT2D eigenvalue weighted by Gasteiger charge is 2.38. The Balaban J connectivity index is 1.34. The van der Waals surface area contributed by atoms with Crippen LogP contribution in [0.15, 0.2) is 29.2 Å². The number of hydrogen-bond acceptors (Lipinski definition) is 3. The summed E-state index contributed by atoms with van der Waals surface area (Å²) in [4.78, 5) is 16.1. The zero-order valence-electron chi connectivity index (χ0n) is 16.9. The second kappa shape index (κ2) is 8.70. The van der Waals surface area contributed by atoms with Crippen LogP contribution in [0.2, 0.25) is 0 Å². The van der Waals surface area contributed by atoms with E-state index in [1.807, 2.05) is 0 Å². The van der Waals surface area contributed by atoms with Crippen LogP contribution in [0.25, 0.3) is 0 Å². The van der Waals surface area contributed by atoms with Crippen LogP contribution in [-0.4, -0.2) is 68.8 Å². The largest absolute Gasteiger partial charge is 0.335 e. The van der Waals surface area contributed by atoms with Gasteiger partial charge in [0.05, 0.1) is 17.5 Å². The molecule has 1 saturated carbocycles. The third-order valence-electron chi connectivity index (χ3n) is 6.91. The van der Waals surface area contributed by atoms with E-state index in [4.69, 9.17) is 0 Å². The molecular weight excluding hydrogens is 393 g/mol. The maximum absolute atomic E-state index is 13.4. The molecule has 0 aromatic heterocycles. The molecular formula is C21H31FN3O3S+. The van der Waals surface area contributed by atoms with E-state index in [1.165, 1.54) is 65.9 Å². The van der Waals surface area contributed by atoms with Crippen molar-refractivity contribution in [2.75, 3.05) is 39.3 Å². The number of carbonyl (C=O) groups excluding carboxylic acids is 1. The van der Waals surface area contributed by atoms with Gasteiger partial charge < -0.3 is 9.80 Å². The van der Waals surface area contributed by atoms with E-state index in [0.717, 1.165) is 18.5 Å². The zero-order chi connectivity index (χ0) is 20.4. The van der Waals surface area contributed by atoms with Crippen molar-refractivity contribution in [2.45, 2.75) is 49.5 Å². The lowest BCUT2D eigenvalue weighted by Gasteiger charge is -2.42. The fourth-order valence-electron chi connectivity index (χ4n) is 5.35. The van der Waals surface area contributed by atoms with Gasteiger partial charge in [-0.05, 0) is 50.3 Å². The number of benzene rings is 1. The molecule has 2 aliphatic heterocycles. The van der Waals surface area contributed by atoms with Gasteiger partial charge in [-0.15, -0.1) is 0 Å². The van der Waals surface area contributed by atoms with Gasteiger partial charge >= 0.3 is 0 Å². The van der Waals surface area contributed by atoms with Gasteiger partial charge in [0.15, 0.2) is 6.54 Å². The highest BCUT2D eigenvalue weighted by Crippen LogP contribution is 2.28. The van der Waals surface area contributed by atoms with Gasteiger partial charge in [0.1, 0.15) is 5.82 Å². The molecule has 160 valence electrons. The molecule has 2 saturated heterocycles. The SMILES string of the molecule is O=C(C[NH+]1CCC[C@H]2CCCC[C@@H]21)N1CCN(S(=O)(=O)c2cccc(F)c2)CC1. The van der Waals surface area contributed by atoms with Crippen LogP contribution in [0.4, 0.5) is 4.39 Å². The number of rotatable bonds is 4. The number of carbonyl (C=O) groups is 1. The van der Waals surface area contributed by atoms with E-state index in [1.54, 1.807) is 4.90 Å². The zero-order valence-corrected chi connectivity index (χ0v) is 17.7. The summed E-state index contributed by atoms with van der Waals surface area (Å²) in [6.45, 7) is 2.90. The third kappa shape index (κ3) is 4.49. The van der Waals surface area contributed by atoms with Crippen LogP contribution < -0.4 is 4.90 Å². The van der Waals surface area contributed by atoms with E-state index >= 15 is 0 Å². The van der Waals surface area contributed by atoms with E-state index in [0.29, 0.717) is 25.7 Å². The van der Waals surface area contributed by atoms with Gasteiger partial charge in [-0.25, -0.2) is 12.8 Å². The Labute approximate surface area is 172 Å². The Morgan fingerprint density at radius 3 is 2.55 bits per heavy atom. The standard InChI is InChI=1S/C21H30FN3O3S/c22-18-7-3-8-19(15-18)29(27,28)25-13-11-23(12-14-25)21(26)16-24-10-4-6-17-5-1-2-9-20(17)24/h3,7-8,15,17,20H,1-2,4-6,9-14,16H2/p+1/t17-,20+/m1/s1. The van der Waals surface area contributed by atoms with Crippen molar-refractivity contribution in [1.82, 2.24) is 9.21 Å². The number of hydrogen-bond donors (Lipinski definition) is 1. The van der Waals surface area contributed by atoms with Crippen molar-refractivity contribution in [2.24, 2.45) is 5.92 Å². The summed E-state index contributed by atoms with van der Waals surface area (Å²) < 4.78 is 40.3. The van der Waals surface area contributed by atoms with E-state index in [9.17, 15) is 17.6 Å². The van der Waals surface area contributed by atoms with E-state index < -0.39 is 15.8 Å². The molecule has 3 aliphatic rings. The van der Waals surface area contributed by atoms with Crippen LogP contribution in [0.1, 0.15) is 38.5 Å². The van der Waals surface area contributed by atoms with Crippen molar-refractivity contribution >= 4 is 15.9 Å². The number of nitrogens with one attached hydrogen (secondary N) is 1. The summed E-state index contributed by atoms with van der Waals surface area (Å²) in [6.07, 6.45) is 7.63. The summed E-state index contributed by atoms with van der Waals surface area (Å²) in [5.74, 6) is 0.341. The molecule has 1 aromatic rings. The molecule has 1 N–H and O–H groups in total. The molecule has 0 spiro atoms. The fraction of sp³-hybridized carbons (Fsp3) is 0.667. The first kappa shape index (κ1) is 20.8. The summed E-state index contributed by atoms with van der Waals surface area (Å²) in [5.41, 5.74) is 0. The Kier molecular flexibility index (Phi) is 6.22. The van der Waals surface area contributed by atoms with Gasteiger partial charge in [0, 0.05) is 32.1 Å². The first-order chi connectivity index (χ1) is 13.9. The number of piperidine rings is 1. The molecule has 3 fully saturated rings. The molecule has 1 unspecified atom stereocenters. The number of piperazine rings is 1. The van der Waals surface area contributed by atoms with E-state index in [-0.39, 0.29) is 23.9 Å². The van der Waals surface area contributed by atoms with Crippen LogP contribution in [0, 0.1) is 11.7 Å². The fourth-order valence-corrected chi connectivity index (χ4v) is 6.80. The molecule has 1 amide bonds. The molecule has 8 heteroatoms. The second-order valence-corrected chi connectivity index (χ2v) is 10.6. The number of fused-ring (bicyclic) bond motifs is 1. The number of amides is 1. The quantitative estimate of drug-likeness (QED) is 0.781. The first-order valence-corrected chi connectivity index (χ1v) is 12.3. The van der Waals surface area contributed by atoms with Gasteiger partial charge in [0.25, 0.3) is 5.91 Å². The minimum Gasteiger partial charge on any atom is -0.335 e. The Morgan fingerprint density at radius 2 is 1.79 bits per heavy atom. The average Bonchev–Trinajstić information content (AvgIpc) is 2.74. The van der Waals surface area contributed by atoms with Gasteiger partial charge in [0.2, 0.25) is 10.0 Å². The molecule has 1 aromatic carbocycles. The van der Waals surface area contributed by atoms with Crippen molar-refractivity contribution < 1.29 is 22.5 Å². The van der Waals surface area contributed by atoms with Crippen molar-refractivity contribution in [3.8, 4) is 0 Å². The van der Waals surface area contributed by atoms with Gasteiger partial charge in [-0.3, -0.25) is 4.79 Å². The molecule has 1 aliphatic carbocycles. The van der Waals surface area contributed by atoms with Crippen LogP contribution in [-0.2, 0) is 14.8 Å². The maximum Gasteiger partial charge on any atom is 0.277 e. The Hall–Kier alpha value is -1.51. The van der Waals surface area contributed by atoms with Gasteiger partial charge in [-0.1, -0.05) is 12.5 Å². The Bertz CT molecular complexity index is 837. The molecule has 2 heterocycles. The topological polar surface area (TPSA) is 62.1 Å². The number of sulfonamides is 1. The molecule has 4 rings (SSSR count). The number of quaternary nitrogens is 1. The lowest BCUT2D eigenvalue weighted by molar-refractivity contribution is -0.929. The predicted molar refractivity (Wildman–Crippen MR) is 107 cm³/mol. The summed E-state index contributed by atoms with van der Waals surface area (Å²) >= 11 is 0. The van der Waals surface area contributed by atoms with Gasteiger partial charge in [-0.2, -0.15) is 4.31 Å². The van der Waals surface area contributed by atoms with Crippen LogP contribution >= 0.6 is 0 Å². The highest BCUT2D eigenvalue weighted by molar-refractivity contribution is 7.89. The average molecular weight is 425 g/mol. The minimum absolute atomic E-state index is 0.0293. The molecule has 0 radical (unpaired) electrons. The van der Waals surface area contributed by atoms with E-state index in [2.05, 4.69) is 0 Å². The van der Waals surface area contributed by atoms with Crippen LogP contribution in [0.3, 0.4) is 0 Å². The molecule has 6 nitrogen and oxygen atoms in total. The number of likely N-dealkylation sites (tertiary alicyclic amines) is 1. The highest BCUT2D eigenvalue weighted by atomic mass is 32.2. The number of nitrogens with zero attached hydrogens (tertiary/aromatic N) is 2. The van der Waals surface area contributed by atoms with Crippen LogP contribution in [0.5, 0.6) is 0 Å². The second-order valence-electron chi connectivity index (χ2n) is 8.62. The van der Waals surface area contributed by atoms with Crippen molar-refractivity contribution in [1.29, 1.82) is 0 Å². The lowest BCUT2D eigenvalue weighted by Crippen LogP contribution is -3.18. The number of halogens is 1. The summed E-state index contributed by atoms with van der Waals surface area (Å²) in [7, 11) is -3.73. The van der Waals surface area contributed by atoms with Crippen molar-refractivity contribution in [3.63, 3.8) is 0 Å². The molecule has 3 atom stereocenters. The summed E-state index contributed by atoms with van der Waals surface area (Å²) in [6, 6.07) is 5.72. The minimum atomic E-state index is -3.73. The third-order valence-corrected chi connectivity index (χ3v) is 8.80. The van der Waals surface area contributed by atoms with Crippen molar-refractivity contribution in [3.05, 3.63) is 30.1 Å². The lowest BCUT2D eigenvalue weighted by atomic mass is 9.78. The first-order valence-electron chi connectivity index (χ1n) is 10.8. The molecule has 29 heavy (non-hydrogen) atoms. The monoisotopic (exact) mass is 424 g/mol. The predicted octanol–water partition coefficient (Wildman–Crippen LogP) is 0.896. The Morgan fingerprint density at radius 1 is 1.07 bits per heavy atom.